The summed E-state index contributed by atoms with van der Waals surface area (Å²) in [6.07, 6.45) is 3.28. The summed E-state index contributed by atoms with van der Waals surface area (Å²) in [6, 6.07) is 12.8. The Morgan fingerprint density at radius 2 is 1.92 bits per heavy atom. The van der Waals surface area contributed by atoms with Crippen molar-refractivity contribution < 1.29 is 9.59 Å². The first-order valence-corrected chi connectivity index (χ1v) is 7.48. The van der Waals surface area contributed by atoms with Crippen LogP contribution in [0.1, 0.15) is 11.3 Å². The van der Waals surface area contributed by atoms with Crippen LogP contribution in [-0.2, 0) is 16.1 Å². The van der Waals surface area contributed by atoms with Crippen LogP contribution in [0.25, 0.3) is 10.9 Å². The molecule has 2 aromatic heterocycles. The fourth-order valence-electron chi connectivity index (χ4n) is 2.36. The number of amides is 2. The van der Waals surface area contributed by atoms with E-state index in [0.717, 1.165) is 22.2 Å². The molecule has 0 saturated carbocycles. The molecule has 6 nitrogen and oxygen atoms in total. The molecule has 2 amide bonds. The van der Waals surface area contributed by atoms with Crippen LogP contribution in [0, 0.1) is 6.92 Å². The molecule has 3 rings (SSSR count). The maximum atomic E-state index is 12.1. The summed E-state index contributed by atoms with van der Waals surface area (Å²) in [4.78, 5) is 32.5. The molecule has 0 aliphatic heterocycles. The highest BCUT2D eigenvalue weighted by Crippen LogP contribution is 2.22. The highest BCUT2D eigenvalue weighted by atomic mass is 16.2. The second-order valence-electron chi connectivity index (χ2n) is 5.33. The molecule has 0 saturated heterocycles. The van der Waals surface area contributed by atoms with Crippen molar-refractivity contribution in [1.29, 1.82) is 0 Å². The zero-order valence-corrected chi connectivity index (χ0v) is 13.1. The number of benzene rings is 1. The molecule has 24 heavy (non-hydrogen) atoms. The Morgan fingerprint density at radius 3 is 2.71 bits per heavy atom. The van der Waals surface area contributed by atoms with E-state index in [1.165, 1.54) is 0 Å². The van der Waals surface area contributed by atoms with Gasteiger partial charge in [-0.05, 0) is 30.7 Å². The zero-order valence-electron chi connectivity index (χ0n) is 13.1. The highest BCUT2D eigenvalue weighted by molar-refractivity contribution is 6.40. The van der Waals surface area contributed by atoms with E-state index in [1.807, 2.05) is 37.3 Å². The number of pyridine rings is 2. The number of nitrogens with zero attached hydrogens (tertiary/aromatic N) is 2. The van der Waals surface area contributed by atoms with E-state index in [4.69, 9.17) is 0 Å². The predicted octanol–water partition coefficient (Wildman–Crippen LogP) is 2.19. The average Bonchev–Trinajstić information content (AvgIpc) is 2.60. The van der Waals surface area contributed by atoms with E-state index in [1.54, 1.807) is 24.5 Å². The summed E-state index contributed by atoms with van der Waals surface area (Å²) >= 11 is 0. The van der Waals surface area contributed by atoms with E-state index >= 15 is 0 Å². The Morgan fingerprint density at radius 1 is 1.08 bits per heavy atom. The average molecular weight is 320 g/mol. The number of aryl methyl sites for hydroxylation is 1. The lowest BCUT2D eigenvalue weighted by molar-refractivity contribution is -0.136. The van der Waals surface area contributed by atoms with Crippen molar-refractivity contribution in [1.82, 2.24) is 15.3 Å². The molecule has 0 radical (unpaired) electrons. The van der Waals surface area contributed by atoms with Crippen molar-refractivity contribution in [3.8, 4) is 0 Å². The Balaban J connectivity index is 1.71. The van der Waals surface area contributed by atoms with Crippen molar-refractivity contribution in [2.75, 3.05) is 5.32 Å². The van der Waals surface area contributed by atoms with E-state index < -0.39 is 11.8 Å². The minimum absolute atomic E-state index is 0.246. The molecular weight excluding hydrogens is 304 g/mol. The Kier molecular flexibility index (Phi) is 4.47. The molecule has 0 atom stereocenters. The standard InChI is InChI=1S/C18H16N4O2/c1-12-9-16(14-6-2-3-7-15(14)21-12)22-18(24)17(23)20-11-13-5-4-8-19-10-13/h2-10H,11H2,1H3,(H,20,23)(H,21,22,24). The van der Waals surface area contributed by atoms with Crippen molar-refractivity contribution in [2.24, 2.45) is 0 Å². The van der Waals surface area contributed by atoms with Gasteiger partial charge in [-0.15, -0.1) is 0 Å². The highest BCUT2D eigenvalue weighted by Gasteiger charge is 2.15. The van der Waals surface area contributed by atoms with E-state index in [2.05, 4.69) is 20.6 Å². The minimum Gasteiger partial charge on any atom is -0.344 e. The van der Waals surface area contributed by atoms with Gasteiger partial charge >= 0.3 is 11.8 Å². The van der Waals surface area contributed by atoms with Gasteiger partial charge in [0.1, 0.15) is 0 Å². The van der Waals surface area contributed by atoms with Gasteiger partial charge in [0.15, 0.2) is 0 Å². The molecule has 120 valence electrons. The number of hydrogen-bond donors (Lipinski definition) is 2. The lowest BCUT2D eigenvalue weighted by atomic mass is 10.1. The first-order valence-electron chi connectivity index (χ1n) is 7.48. The van der Waals surface area contributed by atoms with Crippen LogP contribution >= 0.6 is 0 Å². The monoisotopic (exact) mass is 320 g/mol. The molecule has 0 aliphatic carbocycles. The Labute approximate surface area is 138 Å². The molecule has 6 heteroatoms. The molecule has 3 aromatic rings. The molecule has 0 unspecified atom stereocenters. The number of anilines is 1. The fraction of sp³-hybridized carbons (Fsp3) is 0.111. The minimum atomic E-state index is -0.713. The molecule has 1 aromatic carbocycles. The van der Waals surface area contributed by atoms with Crippen LogP contribution in [0.5, 0.6) is 0 Å². The molecular formula is C18H16N4O2. The molecule has 0 spiro atoms. The molecule has 0 aliphatic rings. The normalized spacial score (nSPS) is 10.4. The molecule has 2 heterocycles. The van der Waals surface area contributed by atoms with Gasteiger partial charge in [0.25, 0.3) is 0 Å². The summed E-state index contributed by atoms with van der Waals surface area (Å²) in [7, 11) is 0. The summed E-state index contributed by atoms with van der Waals surface area (Å²) < 4.78 is 0. The third kappa shape index (κ3) is 3.55. The second-order valence-corrected chi connectivity index (χ2v) is 5.33. The van der Waals surface area contributed by atoms with Crippen LogP contribution in [0.4, 0.5) is 5.69 Å². The smallest absolute Gasteiger partial charge is 0.313 e. The van der Waals surface area contributed by atoms with E-state index in [9.17, 15) is 9.59 Å². The summed E-state index contributed by atoms with van der Waals surface area (Å²) in [5, 5.41) is 6.02. The largest absolute Gasteiger partial charge is 0.344 e. The number of carbonyl (C=O) groups excluding carboxylic acids is 2. The van der Waals surface area contributed by atoms with Crippen molar-refractivity contribution in [2.45, 2.75) is 13.5 Å². The van der Waals surface area contributed by atoms with Crippen LogP contribution in [0.3, 0.4) is 0 Å². The number of para-hydroxylation sites is 1. The summed E-state index contributed by atoms with van der Waals surface area (Å²) in [6.45, 7) is 2.08. The van der Waals surface area contributed by atoms with Crippen LogP contribution in [-0.4, -0.2) is 21.8 Å². The van der Waals surface area contributed by atoms with Gasteiger partial charge in [-0.1, -0.05) is 24.3 Å². The van der Waals surface area contributed by atoms with Gasteiger partial charge in [-0.25, -0.2) is 0 Å². The quantitative estimate of drug-likeness (QED) is 0.725. The number of aromatic nitrogens is 2. The van der Waals surface area contributed by atoms with Crippen LogP contribution in [0.15, 0.2) is 54.9 Å². The lowest BCUT2D eigenvalue weighted by Crippen LogP contribution is -2.35. The van der Waals surface area contributed by atoms with Gasteiger partial charge in [-0.2, -0.15) is 0 Å². The number of carbonyl (C=O) groups is 2. The molecule has 0 bridgehead atoms. The zero-order chi connectivity index (χ0) is 16.9. The first kappa shape index (κ1) is 15.6. The summed E-state index contributed by atoms with van der Waals surface area (Å²) in [5.41, 5.74) is 2.92. The van der Waals surface area contributed by atoms with Crippen LogP contribution in [0.2, 0.25) is 0 Å². The second kappa shape index (κ2) is 6.87. The molecule has 2 N–H and O–H groups in total. The maximum absolute atomic E-state index is 12.1. The number of nitrogens with one attached hydrogen (secondary N) is 2. The maximum Gasteiger partial charge on any atom is 0.313 e. The SMILES string of the molecule is Cc1cc(NC(=O)C(=O)NCc2cccnc2)c2ccccc2n1. The molecule has 0 fully saturated rings. The number of fused-ring (bicyclic) bond motifs is 1. The van der Waals surface area contributed by atoms with Gasteiger partial charge in [0, 0.05) is 30.0 Å². The summed E-state index contributed by atoms with van der Waals surface area (Å²) in [5.74, 6) is -1.41. The Bertz CT molecular complexity index is 894. The van der Waals surface area contributed by atoms with Crippen molar-refractivity contribution in [3.63, 3.8) is 0 Å². The van der Waals surface area contributed by atoms with Gasteiger partial charge in [0.2, 0.25) is 0 Å². The van der Waals surface area contributed by atoms with Gasteiger partial charge in [0.05, 0.1) is 11.2 Å². The van der Waals surface area contributed by atoms with Crippen molar-refractivity contribution >= 4 is 28.4 Å². The predicted molar refractivity (Wildman–Crippen MR) is 91.2 cm³/mol. The van der Waals surface area contributed by atoms with Crippen LogP contribution < -0.4 is 10.6 Å². The third-order valence-electron chi connectivity index (χ3n) is 3.47. The topological polar surface area (TPSA) is 84.0 Å². The van der Waals surface area contributed by atoms with Crippen molar-refractivity contribution in [3.05, 3.63) is 66.1 Å². The van der Waals surface area contributed by atoms with Gasteiger partial charge in [-0.3, -0.25) is 19.6 Å². The Hall–Kier alpha value is -3.28. The van der Waals surface area contributed by atoms with E-state index in [-0.39, 0.29) is 6.54 Å². The first-order chi connectivity index (χ1) is 11.6. The lowest BCUT2D eigenvalue weighted by Gasteiger charge is -2.10. The third-order valence-corrected chi connectivity index (χ3v) is 3.47. The number of hydrogen-bond acceptors (Lipinski definition) is 4. The fourth-order valence-corrected chi connectivity index (χ4v) is 2.36. The van der Waals surface area contributed by atoms with Gasteiger partial charge < -0.3 is 10.6 Å². The van der Waals surface area contributed by atoms with E-state index in [0.29, 0.717) is 5.69 Å². The number of rotatable bonds is 3.